The Morgan fingerprint density at radius 3 is 2.18 bits per heavy atom. The van der Waals surface area contributed by atoms with Crippen LogP contribution < -0.4 is 4.74 Å². The molecule has 0 atom stereocenters. The van der Waals surface area contributed by atoms with E-state index in [1.807, 2.05) is 12.1 Å². The normalized spacial score (nSPS) is 18.0. The highest BCUT2D eigenvalue weighted by molar-refractivity contribution is 6.30. The standard InChI is InChI=1S/C30H32ClFO2/c1-2-3-4-5-21-6-8-22(9-7-21)23-10-12-24(13-11-23)25-14-16-26(17-15-25)30(33)34-27-18-19-29(32)28(31)20-27/h10-22H,2-9H2,1H3/t21-,22-. The molecule has 0 radical (unpaired) electrons. The minimum Gasteiger partial charge on any atom is -0.423 e. The topological polar surface area (TPSA) is 26.3 Å². The van der Waals surface area contributed by atoms with Gasteiger partial charge in [-0.15, -0.1) is 0 Å². The number of benzene rings is 3. The third-order valence-corrected chi connectivity index (χ3v) is 7.29. The van der Waals surface area contributed by atoms with Crippen LogP contribution in [-0.2, 0) is 0 Å². The van der Waals surface area contributed by atoms with Gasteiger partial charge in [-0.05, 0) is 78.5 Å². The first-order chi connectivity index (χ1) is 16.5. The third-order valence-electron chi connectivity index (χ3n) is 7.00. The fourth-order valence-corrected chi connectivity index (χ4v) is 5.09. The second-order valence-electron chi connectivity index (χ2n) is 9.38. The Morgan fingerprint density at radius 2 is 1.56 bits per heavy atom. The van der Waals surface area contributed by atoms with Crippen LogP contribution in [0.15, 0.2) is 66.7 Å². The molecule has 0 amide bonds. The molecule has 1 saturated carbocycles. The summed E-state index contributed by atoms with van der Waals surface area (Å²) in [5.74, 6) is 0.758. The molecule has 4 rings (SSSR count). The highest BCUT2D eigenvalue weighted by Crippen LogP contribution is 2.38. The highest BCUT2D eigenvalue weighted by atomic mass is 35.5. The summed E-state index contributed by atoms with van der Waals surface area (Å²) in [6.45, 7) is 2.27. The van der Waals surface area contributed by atoms with Crippen molar-refractivity contribution in [1.29, 1.82) is 0 Å². The lowest BCUT2D eigenvalue weighted by atomic mass is 9.77. The number of ether oxygens (including phenoxy) is 1. The van der Waals surface area contributed by atoms with Gasteiger partial charge in [-0.25, -0.2) is 9.18 Å². The lowest BCUT2D eigenvalue weighted by molar-refractivity contribution is 0.0734. The van der Waals surface area contributed by atoms with E-state index in [2.05, 4.69) is 31.2 Å². The van der Waals surface area contributed by atoms with E-state index in [1.54, 1.807) is 12.1 Å². The molecule has 3 aromatic carbocycles. The van der Waals surface area contributed by atoms with Crippen LogP contribution in [0.1, 0.15) is 80.1 Å². The first-order valence-corrected chi connectivity index (χ1v) is 12.8. The summed E-state index contributed by atoms with van der Waals surface area (Å²) in [4.78, 5) is 12.4. The molecule has 0 aromatic heterocycles. The maximum absolute atomic E-state index is 13.3. The Balaban J connectivity index is 1.33. The maximum atomic E-state index is 13.3. The molecule has 4 heteroatoms. The number of esters is 1. The zero-order chi connectivity index (χ0) is 23.9. The molecule has 0 bridgehead atoms. The van der Waals surface area contributed by atoms with Crippen molar-refractivity contribution in [3.05, 3.63) is 88.7 Å². The Morgan fingerprint density at radius 1 is 0.912 bits per heavy atom. The van der Waals surface area contributed by atoms with E-state index in [1.165, 1.54) is 75.1 Å². The fourth-order valence-electron chi connectivity index (χ4n) is 4.92. The van der Waals surface area contributed by atoms with Crippen molar-refractivity contribution >= 4 is 17.6 Å². The van der Waals surface area contributed by atoms with Crippen LogP contribution in [0.2, 0.25) is 5.02 Å². The van der Waals surface area contributed by atoms with Crippen LogP contribution >= 0.6 is 11.6 Å². The minimum atomic E-state index is -0.549. The van der Waals surface area contributed by atoms with Crippen LogP contribution in [0, 0.1) is 11.7 Å². The molecular weight excluding hydrogens is 447 g/mol. The second kappa shape index (κ2) is 11.7. The number of unbranched alkanes of at least 4 members (excludes halogenated alkanes) is 2. The van der Waals surface area contributed by atoms with E-state index < -0.39 is 11.8 Å². The summed E-state index contributed by atoms with van der Waals surface area (Å²) in [6.07, 6.45) is 10.8. The van der Waals surface area contributed by atoms with Crippen LogP contribution in [-0.4, -0.2) is 5.97 Å². The first-order valence-electron chi connectivity index (χ1n) is 12.4. The van der Waals surface area contributed by atoms with Gasteiger partial charge in [0.05, 0.1) is 10.6 Å². The van der Waals surface area contributed by atoms with E-state index in [-0.39, 0.29) is 10.8 Å². The van der Waals surface area contributed by atoms with Gasteiger partial charge in [0.15, 0.2) is 0 Å². The number of rotatable bonds is 8. The molecule has 1 aliphatic rings. The summed E-state index contributed by atoms with van der Waals surface area (Å²) >= 11 is 5.76. The zero-order valence-corrected chi connectivity index (χ0v) is 20.5. The molecule has 0 N–H and O–H groups in total. The number of carbonyl (C=O) groups excluding carboxylic acids is 1. The molecule has 2 nitrogen and oxygen atoms in total. The van der Waals surface area contributed by atoms with E-state index in [0.717, 1.165) is 17.0 Å². The van der Waals surface area contributed by atoms with Crippen molar-refractivity contribution in [2.75, 3.05) is 0 Å². The second-order valence-corrected chi connectivity index (χ2v) is 9.79. The van der Waals surface area contributed by atoms with Gasteiger partial charge < -0.3 is 4.74 Å². The van der Waals surface area contributed by atoms with Crippen molar-refractivity contribution in [3.8, 4) is 16.9 Å². The number of carbonyl (C=O) groups is 1. The van der Waals surface area contributed by atoms with E-state index >= 15 is 0 Å². The number of halogens is 2. The highest BCUT2D eigenvalue weighted by Gasteiger charge is 2.22. The lowest BCUT2D eigenvalue weighted by Gasteiger charge is -2.29. The molecule has 178 valence electrons. The Bertz CT molecular complexity index is 1080. The van der Waals surface area contributed by atoms with Crippen LogP contribution in [0.25, 0.3) is 11.1 Å². The van der Waals surface area contributed by atoms with Gasteiger partial charge in [0, 0.05) is 6.07 Å². The van der Waals surface area contributed by atoms with Crippen LogP contribution in [0.5, 0.6) is 5.75 Å². The molecular formula is C30H32ClFO2. The average Bonchev–Trinajstić information content (AvgIpc) is 2.87. The summed E-state index contributed by atoms with van der Waals surface area (Å²) in [6, 6.07) is 20.1. The molecule has 0 spiro atoms. The van der Waals surface area contributed by atoms with Gasteiger partial charge >= 0.3 is 5.97 Å². The summed E-state index contributed by atoms with van der Waals surface area (Å²) < 4.78 is 18.6. The van der Waals surface area contributed by atoms with E-state index in [4.69, 9.17) is 16.3 Å². The zero-order valence-electron chi connectivity index (χ0n) is 19.7. The first kappa shape index (κ1) is 24.5. The van der Waals surface area contributed by atoms with E-state index in [0.29, 0.717) is 11.5 Å². The van der Waals surface area contributed by atoms with Crippen LogP contribution in [0.3, 0.4) is 0 Å². The third kappa shape index (κ3) is 6.27. The molecule has 0 saturated heterocycles. The van der Waals surface area contributed by atoms with Crippen molar-refractivity contribution in [2.45, 2.75) is 64.2 Å². The van der Waals surface area contributed by atoms with Crippen molar-refractivity contribution in [2.24, 2.45) is 5.92 Å². The van der Waals surface area contributed by atoms with Crippen molar-refractivity contribution in [1.82, 2.24) is 0 Å². The van der Waals surface area contributed by atoms with Gasteiger partial charge in [0.25, 0.3) is 0 Å². The smallest absolute Gasteiger partial charge is 0.343 e. The minimum absolute atomic E-state index is 0.0795. The number of hydrogen-bond acceptors (Lipinski definition) is 2. The number of hydrogen-bond donors (Lipinski definition) is 0. The Labute approximate surface area is 207 Å². The summed E-state index contributed by atoms with van der Waals surface area (Å²) in [5, 5.41) is -0.0795. The lowest BCUT2D eigenvalue weighted by Crippen LogP contribution is -2.13. The molecule has 0 heterocycles. The maximum Gasteiger partial charge on any atom is 0.343 e. The fraction of sp³-hybridized carbons (Fsp3) is 0.367. The monoisotopic (exact) mass is 478 g/mol. The molecule has 34 heavy (non-hydrogen) atoms. The van der Waals surface area contributed by atoms with Gasteiger partial charge in [0.1, 0.15) is 11.6 Å². The molecule has 0 aliphatic heterocycles. The summed E-state index contributed by atoms with van der Waals surface area (Å²) in [7, 11) is 0. The molecule has 1 fully saturated rings. The molecule has 1 aliphatic carbocycles. The SMILES string of the molecule is CCCCC[C@H]1CC[C@H](c2ccc(-c3ccc(C(=O)Oc4ccc(F)c(Cl)c4)cc3)cc2)CC1. The van der Waals surface area contributed by atoms with Gasteiger partial charge in [-0.2, -0.15) is 0 Å². The van der Waals surface area contributed by atoms with E-state index in [9.17, 15) is 9.18 Å². The van der Waals surface area contributed by atoms with Gasteiger partial charge in [0.2, 0.25) is 0 Å². The average molecular weight is 479 g/mol. The van der Waals surface area contributed by atoms with Crippen molar-refractivity contribution in [3.63, 3.8) is 0 Å². The Hall–Kier alpha value is -2.65. The predicted molar refractivity (Wildman–Crippen MR) is 137 cm³/mol. The van der Waals surface area contributed by atoms with Gasteiger partial charge in [-0.3, -0.25) is 0 Å². The van der Waals surface area contributed by atoms with Crippen LogP contribution in [0.4, 0.5) is 4.39 Å². The largest absolute Gasteiger partial charge is 0.423 e. The molecule has 3 aromatic rings. The molecule has 0 unspecified atom stereocenters. The quantitative estimate of drug-likeness (QED) is 0.183. The van der Waals surface area contributed by atoms with Gasteiger partial charge in [-0.1, -0.05) is 80.6 Å². The Kier molecular flexibility index (Phi) is 8.39. The van der Waals surface area contributed by atoms with Crippen molar-refractivity contribution < 1.29 is 13.9 Å². The predicted octanol–water partition coefficient (Wildman–Crippen LogP) is 9.22. The summed E-state index contributed by atoms with van der Waals surface area (Å²) in [5.41, 5.74) is 4.04.